The van der Waals surface area contributed by atoms with Crippen LogP contribution in [0.2, 0.25) is 0 Å². The third-order valence-corrected chi connectivity index (χ3v) is 5.02. The summed E-state index contributed by atoms with van der Waals surface area (Å²) in [7, 11) is 1.72. The van der Waals surface area contributed by atoms with Crippen molar-refractivity contribution in [3.05, 3.63) is 58.8 Å². The number of anilines is 1. The van der Waals surface area contributed by atoms with Gasteiger partial charge >= 0.3 is 5.69 Å². The quantitative estimate of drug-likeness (QED) is 0.535. The van der Waals surface area contributed by atoms with E-state index in [2.05, 4.69) is 15.3 Å². The van der Waals surface area contributed by atoms with Crippen molar-refractivity contribution in [3.8, 4) is 22.5 Å². The highest BCUT2D eigenvalue weighted by Crippen LogP contribution is 2.34. The molecule has 2 N–H and O–H groups in total. The summed E-state index contributed by atoms with van der Waals surface area (Å²) in [6.45, 7) is 5.29. The largest absolute Gasteiger partial charge is 0.329 e. The monoisotopic (exact) mass is 407 g/mol. The molecule has 0 bridgehead atoms. The first-order valence-electron chi connectivity index (χ1n) is 9.61. The number of carbonyl (C=O) groups excluding carboxylic acids is 1. The highest BCUT2D eigenvalue weighted by Gasteiger charge is 2.20. The van der Waals surface area contributed by atoms with E-state index in [4.69, 9.17) is 0 Å². The van der Waals surface area contributed by atoms with Crippen LogP contribution in [0.5, 0.6) is 0 Å². The minimum absolute atomic E-state index is 0.0118. The number of rotatable bonds is 4. The Labute approximate surface area is 172 Å². The topological polar surface area (TPSA) is 84.7 Å². The molecular formula is C22H22FN5O2. The van der Waals surface area contributed by atoms with E-state index < -0.39 is 5.82 Å². The van der Waals surface area contributed by atoms with Crippen LogP contribution in [-0.4, -0.2) is 25.0 Å². The molecule has 0 saturated heterocycles. The zero-order chi connectivity index (χ0) is 21.6. The molecule has 154 valence electrons. The van der Waals surface area contributed by atoms with E-state index in [1.165, 1.54) is 13.0 Å². The molecule has 1 amide bonds. The van der Waals surface area contributed by atoms with Gasteiger partial charge in [0.2, 0.25) is 11.9 Å². The van der Waals surface area contributed by atoms with Crippen molar-refractivity contribution in [2.75, 3.05) is 5.32 Å². The van der Waals surface area contributed by atoms with Gasteiger partial charge in [0.05, 0.1) is 22.4 Å². The Morgan fingerprint density at radius 1 is 1.17 bits per heavy atom. The van der Waals surface area contributed by atoms with Gasteiger partial charge in [0.1, 0.15) is 5.82 Å². The number of imidazole rings is 2. The number of nitrogens with one attached hydrogen (secondary N) is 2. The van der Waals surface area contributed by atoms with Crippen LogP contribution in [0.25, 0.3) is 33.5 Å². The number of aromatic amines is 1. The van der Waals surface area contributed by atoms with Crippen LogP contribution in [0.1, 0.15) is 26.8 Å². The Balaban J connectivity index is 1.95. The van der Waals surface area contributed by atoms with Crippen LogP contribution in [-0.2, 0) is 11.8 Å². The van der Waals surface area contributed by atoms with Gasteiger partial charge in [-0.15, -0.1) is 0 Å². The summed E-state index contributed by atoms with van der Waals surface area (Å²) in [5.41, 5.74) is 3.42. The lowest BCUT2D eigenvalue weighted by Crippen LogP contribution is -2.23. The zero-order valence-electron chi connectivity index (χ0n) is 17.2. The van der Waals surface area contributed by atoms with Crippen molar-refractivity contribution < 1.29 is 9.18 Å². The molecule has 7 nitrogen and oxygen atoms in total. The summed E-state index contributed by atoms with van der Waals surface area (Å²) in [4.78, 5) is 31.7. The second-order valence-corrected chi connectivity index (χ2v) is 7.48. The van der Waals surface area contributed by atoms with E-state index in [0.717, 1.165) is 11.0 Å². The Hall–Kier alpha value is -3.68. The fourth-order valence-electron chi connectivity index (χ4n) is 3.68. The predicted molar refractivity (Wildman–Crippen MR) is 115 cm³/mol. The van der Waals surface area contributed by atoms with Crippen molar-refractivity contribution in [1.82, 2.24) is 19.1 Å². The Kier molecular flexibility index (Phi) is 4.77. The van der Waals surface area contributed by atoms with Crippen LogP contribution in [0.3, 0.4) is 0 Å². The third kappa shape index (κ3) is 3.20. The van der Waals surface area contributed by atoms with Gasteiger partial charge < -0.3 is 4.98 Å². The number of aryl methyl sites for hydroxylation is 1. The number of H-pyrrole nitrogens is 1. The van der Waals surface area contributed by atoms with E-state index in [9.17, 15) is 14.0 Å². The lowest BCUT2D eigenvalue weighted by molar-refractivity contribution is -0.114. The fraction of sp³-hybridized carbons (Fsp3) is 0.227. The normalized spacial score (nSPS) is 11.4. The van der Waals surface area contributed by atoms with Gasteiger partial charge in [-0.05, 0) is 38.1 Å². The number of halogens is 1. The first-order valence-corrected chi connectivity index (χ1v) is 9.61. The highest BCUT2D eigenvalue weighted by molar-refractivity contribution is 5.90. The number of nitrogens with zero attached hydrogens (tertiary/aromatic N) is 3. The van der Waals surface area contributed by atoms with Gasteiger partial charge in [0.15, 0.2) is 0 Å². The van der Waals surface area contributed by atoms with E-state index >= 15 is 0 Å². The molecule has 0 aliphatic rings. The summed E-state index contributed by atoms with van der Waals surface area (Å²) in [6.07, 6.45) is 0. The summed E-state index contributed by atoms with van der Waals surface area (Å²) in [6, 6.07) is 11.9. The molecule has 2 aromatic heterocycles. The van der Waals surface area contributed by atoms with Gasteiger partial charge in [-0.1, -0.05) is 18.2 Å². The smallest absolute Gasteiger partial charge is 0.323 e. The maximum atomic E-state index is 14.5. The lowest BCUT2D eigenvalue weighted by Gasteiger charge is -2.08. The van der Waals surface area contributed by atoms with Crippen LogP contribution in [0.15, 0.2) is 47.3 Å². The molecule has 8 heteroatoms. The minimum atomic E-state index is -0.406. The first kappa shape index (κ1) is 19.6. The molecule has 0 radical (unpaired) electrons. The Morgan fingerprint density at radius 2 is 1.90 bits per heavy atom. The summed E-state index contributed by atoms with van der Waals surface area (Å²) in [5.74, 6) is -0.469. The molecular weight excluding hydrogens is 385 g/mol. The highest BCUT2D eigenvalue weighted by atomic mass is 19.1. The van der Waals surface area contributed by atoms with Crippen molar-refractivity contribution >= 4 is 22.9 Å². The second kappa shape index (κ2) is 7.29. The van der Waals surface area contributed by atoms with Crippen LogP contribution in [0, 0.1) is 5.82 Å². The molecule has 4 rings (SSSR count). The standard InChI is InChI=1S/C22H22FN5O2/c1-12(2)28-17-10-9-14(11-18(17)27(4)22(28)30)19-20(15-7-5-6-8-16(15)23)26-21(25-19)24-13(3)29/h5-12H,1-4H3,(H2,24,25,26,29). The average molecular weight is 407 g/mol. The number of hydrogen-bond acceptors (Lipinski definition) is 3. The van der Waals surface area contributed by atoms with Crippen LogP contribution >= 0.6 is 0 Å². The number of fused-ring (bicyclic) bond motifs is 1. The van der Waals surface area contributed by atoms with E-state index in [1.54, 1.807) is 34.4 Å². The number of carbonyl (C=O) groups is 1. The molecule has 0 unspecified atom stereocenters. The maximum Gasteiger partial charge on any atom is 0.329 e. The van der Waals surface area contributed by atoms with Gasteiger partial charge in [-0.2, -0.15) is 0 Å². The molecule has 30 heavy (non-hydrogen) atoms. The average Bonchev–Trinajstić information content (AvgIpc) is 3.20. The summed E-state index contributed by atoms with van der Waals surface area (Å²) >= 11 is 0. The van der Waals surface area contributed by atoms with Crippen molar-refractivity contribution in [2.24, 2.45) is 7.05 Å². The predicted octanol–water partition coefficient (Wildman–Crippen LogP) is 4.08. The van der Waals surface area contributed by atoms with E-state index in [0.29, 0.717) is 22.5 Å². The zero-order valence-corrected chi connectivity index (χ0v) is 17.2. The molecule has 0 atom stereocenters. The number of benzene rings is 2. The van der Waals surface area contributed by atoms with Crippen LogP contribution < -0.4 is 11.0 Å². The SMILES string of the molecule is CC(=O)Nc1nc(-c2ccc3c(c2)n(C)c(=O)n3C(C)C)c(-c2ccccc2F)[nH]1. The first-order chi connectivity index (χ1) is 14.3. The number of amides is 1. The van der Waals surface area contributed by atoms with Crippen LogP contribution in [0.4, 0.5) is 10.3 Å². The van der Waals surface area contributed by atoms with Gasteiger partial charge in [-0.25, -0.2) is 14.2 Å². The fourth-order valence-corrected chi connectivity index (χ4v) is 3.68. The third-order valence-electron chi connectivity index (χ3n) is 5.02. The molecule has 0 fully saturated rings. The Bertz CT molecular complexity index is 1330. The second-order valence-electron chi connectivity index (χ2n) is 7.48. The number of hydrogen-bond donors (Lipinski definition) is 2. The molecule has 2 aromatic carbocycles. The molecule has 0 saturated carbocycles. The van der Waals surface area contributed by atoms with E-state index in [-0.39, 0.29) is 23.6 Å². The lowest BCUT2D eigenvalue weighted by atomic mass is 10.0. The summed E-state index contributed by atoms with van der Waals surface area (Å²) in [5, 5.41) is 2.61. The van der Waals surface area contributed by atoms with Crippen molar-refractivity contribution in [3.63, 3.8) is 0 Å². The molecule has 2 heterocycles. The molecule has 0 aliphatic carbocycles. The molecule has 0 aliphatic heterocycles. The molecule has 0 spiro atoms. The van der Waals surface area contributed by atoms with Crippen molar-refractivity contribution in [1.29, 1.82) is 0 Å². The van der Waals surface area contributed by atoms with Crippen molar-refractivity contribution in [2.45, 2.75) is 26.8 Å². The van der Waals surface area contributed by atoms with Gasteiger partial charge in [0.25, 0.3) is 0 Å². The summed E-state index contributed by atoms with van der Waals surface area (Å²) < 4.78 is 17.8. The van der Waals surface area contributed by atoms with Gasteiger partial charge in [0, 0.05) is 31.1 Å². The minimum Gasteiger partial charge on any atom is -0.323 e. The van der Waals surface area contributed by atoms with Gasteiger partial charge in [-0.3, -0.25) is 19.2 Å². The molecule has 4 aromatic rings. The van der Waals surface area contributed by atoms with E-state index in [1.807, 2.05) is 32.0 Å². The number of aromatic nitrogens is 4. The maximum absolute atomic E-state index is 14.5. The Morgan fingerprint density at radius 3 is 2.57 bits per heavy atom.